The van der Waals surface area contributed by atoms with Gasteiger partial charge in [-0.3, -0.25) is 4.98 Å². The molecule has 0 bridgehead atoms. The molecule has 1 aromatic carbocycles. The van der Waals surface area contributed by atoms with Gasteiger partial charge in [0.1, 0.15) is 11.2 Å². The van der Waals surface area contributed by atoms with Crippen molar-refractivity contribution in [2.24, 2.45) is 0 Å². The third kappa shape index (κ3) is 1.81. The topological polar surface area (TPSA) is 45.7 Å². The van der Waals surface area contributed by atoms with Crippen LogP contribution in [0.4, 0.5) is 13.2 Å². The Morgan fingerprint density at radius 2 is 2.00 bits per heavy atom. The van der Waals surface area contributed by atoms with Crippen molar-refractivity contribution in [3.05, 3.63) is 34.7 Å². The summed E-state index contributed by atoms with van der Waals surface area (Å²) >= 11 is 5.85. The SMILES string of the molecule is Cc1[nH]c[n+]2c1nnc1c(Cl)cc(C(F)(F)F)cc12. The Morgan fingerprint density at radius 3 is 2.68 bits per heavy atom. The van der Waals surface area contributed by atoms with Crippen LogP contribution < -0.4 is 4.40 Å². The lowest BCUT2D eigenvalue weighted by atomic mass is 10.2. The normalized spacial score (nSPS) is 12.5. The molecule has 2 heterocycles. The van der Waals surface area contributed by atoms with E-state index in [4.69, 9.17) is 11.6 Å². The van der Waals surface area contributed by atoms with E-state index < -0.39 is 11.7 Å². The van der Waals surface area contributed by atoms with Gasteiger partial charge in [0, 0.05) is 5.10 Å². The molecule has 3 rings (SSSR count). The number of aromatic nitrogens is 4. The van der Waals surface area contributed by atoms with Crippen molar-refractivity contribution < 1.29 is 17.6 Å². The lowest BCUT2D eigenvalue weighted by Crippen LogP contribution is -2.23. The zero-order valence-electron chi connectivity index (χ0n) is 9.59. The maximum Gasteiger partial charge on any atom is 0.416 e. The summed E-state index contributed by atoms with van der Waals surface area (Å²) in [4.78, 5) is 2.88. The van der Waals surface area contributed by atoms with E-state index in [1.54, 1.807) is 6.92 Å². The number of alkyl halides is 3. The lowest BCUT2D eigenvalue weighted by molar-refractivity contribution is -0.484. The fraction of sp³-hybridized carbons (Fsp3) is 0.182. The predicted molar refractivity (Wildman–Crippen MR) is 61.8 cm³/mol. The summed E-state index contributed by atoms with van der Waals surface area (Å²) in [7, 11) is 0. The van der Waals surface area contributed by atoms with Crippen molar-refractivity contribution in [2.45, 2.75) is 13.1 Å². The minimum atomic E-state index is -4.46. The maximum atomic E-state index is 12.8. The second-order valence-corrected chi connectivity index (χ2v) is 4.52. The first-order valence-electron chi connectivity index (χ1n) is 5.30. The van der Waals surface area contributed by atoms with E-state index in [1.807, 2.05) is 0 Å². The van der Waals surface area contributed by atoms with Crippen molar-refractivity contribution in [2.75, 3.05) is 0 Å². The number of halogens is 4. The maximum absolute atomic E-state index is 12.8. The highest BCUT2D eigenvalue weighted by Gasteiger charge is 2.32. The van der Waals surface area contributed by atoms with E-state index in [9.17, 15) is 13.2 Å². The molecule has 0 spiro atoms. The molecule has 1 N–H and O–H groups in total. The van der Waals surface area contributed by atoms with Gasteiger partial charge in [-0.25, -0.2) is 0 Å². The number of hydrogen-bond donors (Lipinski definition) is 1. The van der Waals surface area contributed by atoms with E-state index in [2.05, 4.69) is 15.2 Å². The van der Waals surface area contributed by atoms with Crippen molar-refractivity contribution in [3.63, 3.8) is 0 Å². The molecular formula is C11H7ClF3N4+. The van der Waals surface area contributed by atoms with Gasteiger partial charge >= 0.3 is 11.8 Å². The number of nitrogens with one attached hydrogen (secondary N) is 1. The molecule has 0 radical (unpaired) electrons. The Morgan fingerprint density at radius 1 is 1.26 bits per heavy atom. The number of aromatic amines is 1. The Bertz CT molecular complexity index is 794. The molecule has 8 heteroatoms. The van der Waals surface area contributed by atoms with Crippen LogP contribution in [0.3, 0.4) is 0 Å². The zero-order valence-corrected chi connectivity index (χ0v) is 10.3. The van der Waals surface area contributed by atoms with Crippen LogP contribution in [-0.2, 0) is 6.18 Å². The minimum absolute atomic E-state index is 0.0782. The Labute approximate surface area is 109 Å². The molecule has 0 saturated heterocycles. The van der Waals surface area contributed by atoms with Gasteiger partial charge in [-0.2, -0.15) is 17.6 Å². The molecule has 2 aromatic heterocycles. The molecule has 0 atom stereocenters. The first kappa shape index (κ1) is 12.2. The lowest BCUT2D eigenvalue weighted by Gasteiger charge is -2.07. The Balaban J connectivity index is 2.47. The van der Waals surface area contributed by atoms with E-state index in [0.29, 0.717) is 11.3 Å². The minimum Gasteiger partial charge on any atom is -0.277 e. The van der Waals surface area contributed by atoms with Gasteiger partial charge in [0.05, 0.1) is 10.6 Å². The summed E-state index contributed by atoms with van der Waals surface area (Å²) in [6.45, 7) is 1.76. The summed E-state index contributed by atoms with van der Waals surface area (Å²) in [5, 5.41) is 7.73. The summed E-state index contributed by atoms with van der Waals surface area (Å²) in [5.74, 6) is 0. The molecule has 0 aliphatic rings. The fourth-order valence-corrected chi connectivity index (χ4v) is 2.15. The average Bonchev–Trinajstić information content (AvgIpc) is 2.70. The van der Waals surface area contributed by atoms with E-state index in [1.165, 1.54) is 10.7 Å². The molecule has 19 heavy (non-hydrogen) atoms. The van der Waals surface area contributed by atoms with Crippen LogP contribution in [0.25, 0.3) is 16.7 Å². The monoisotopic (exact) mass is 287 g/mol. The van der Waals surface area contributed by atoms with Crippen LogP contribution in [0.2, 0.25) is 5.02 Å². The van der Waals surface area contributed by atoms with Crippen molar-refractivity contribution >= 4 is 28.3 Å². The molecule has 0 saturated carbocycles. The molecule has 0 unspecified atom stereocenters. The van der Waals surface area contributed by atoms with Crippen LogP contribution in [0.5, 0.6) is 0 Å². The highest BCUT2D eigenvalue weighted by atomic mass is 35.5. The summed E-state index contributed by atoms with van der Waals surface area (Å²) in [5.41, 5.74) is 0.844. The van der Waals surface area contributed by atoms with Gasteiger partial charge in [0.2, 0.25) is 0 Å². The van der Waals surface area contributed by atoms with Gasteiger partial charge in [0.25, 0.3) is 0 Å². The smallest absolute Gasteiger partial charge is 0.277 e. The number of hydrogen-bond acceptors (Lipinski definition) is 2. The van der Waals surface area contributed by atoms with E-state index in [0.717, 1.165) is 12.1 Å². The van der Waals surface area contributed by atoms with Crippen LogP contribution in [0.1, 0.15) is 11.3 Å². The van der Waals surface area contributed by atoms with Crippen molar-refractivity contribution in [1.29, 1.82) is 0 Å². The predicted octanol–water partition coefficient (Wildman–Crippen LogP) is 2.68. The van der Waals surface area contributed by atoms with Crippen LogP contribution in [0.15, 0.2) is 18.5 Å². The number of aryl methyl sites for hydroxylation is 1. The first-order chi connectivity index (χ1) is 8.88. The number of H-pyrrole nitrogens is 1. The number of rotatable bonds is 0. The largest absolute Gasteiger partial charge is 0.416 e. The summed E-state index contributed by atoms with van der Waals surface area (Å²) in [6, 6.07) is 1.86. The number of nitrogens with zero attached hydrogens (tertiary/aromatic N) is 3. The van der Waals surface area contributed by atoms with Gasteiger partial charge in [0.15, 0.2) is 11.8 Å². The average molecular weight is 288 g/mol. The van der Waals surface area contributed by atoms with Gasteiger partial charge in [-0.1, -0.05) is 16.7 Å². The van der Waals surface area contributed by atoms with Crippen molar-refractivity contribution in [3.8, 4) is 0 Å². The van der Waals surface area contributed by atoms with E-state index >= 15 is 0 Å². The van der Waals surface area contributed by atoms with Gasteiger partial charge in [-0.15, -0.1) is 0 Å². The summed E-state index contributed by atoms with van der Waals surface area (Å²) < 4.78 is 39.9. The third-order valence-electron chi connectivity index (χ3n) is 2.85. The van der Waals surface area contributed by atoms with Gasteiger partial charge < -0.3 is 0 Å². The molecule has 0 amide bonds. The van der Waals surface area contributed by atoms with Crippen molar-refractivity contribution in [1.82, 2.24) is 15.2 Å². The molecule has 0 aliphatic carbocycles. The van der Waals surface area contributed by atoms with Crippen LogP contribution in [0, 0.1) is 6.92 Å². The highest BCUT2D eigenvalue weighted by Crippen LogP contribution is 2.33. The van der Waals surface area contributed by atoms with Crippen LogP contribution >= 0.6 is 11.6 Å². The first-order valence-corrected chi connectivity index (χ1v) is 5.68. The van der Waals surface area contributed by atoms with Gasteiger partial charge in [-0.05, 0) is 19.1 Å². The number of imidazole rings is 1. The standard InChI is InChI=1S/C11H6ClF3N4/c1-5-10-18-17-9-7(12)2-6(11(13,14)15)3-8(9)19(10)4-16-5/h2-4H,1H3/p+1. The van der Waals surface area contributed by atoms with E-state index in [-0.39, 0.29) is 16.1 Å². The second kappa shape index (κ2) is 3.80. The quantitative estimate of drug-likeness (QED) is 0.646. The molecule has 98 valence electrons. The molecular weight excluding hydrogens is 281 g/mol. The zero-order chi connectivity index (χ0) is 13.8. The fourth-order valence-electron chi connectivity index (χ4n) is 1.90. The molecule has 3 aromatic rings. The molecule has 0 aliphatic heterocycles. The van der Waals surface area contributed by atoms with Crippen LogP contribution in [-0.4, -0.2) is 15.2 Å². The number of fused-ring (bicyclic) bond motifs is 3. The molecule has 0 fully saturated rings. The second-order valence-electron chi connectivity index (χ2n) is 4.12. The highest BCUT2D eigenvalue weighted by molar-refractivity contribution is 6.34. The Kier molecular flexibility index (Phi) is 2.43. The molecule has 4 nitrogen and oxygen atoms in total. The Hall–Kier alpha value is -1.89. The third-order valence-corrected chi connectivity index (χ3v) is 3.14. The summed E-state index contributed by atoms with van der Waals surface area (Å²) in [6.07, 6.45) is -2.93. The number of benzene rings is 1.